The van der Waals surface area contributed by atoms with Crippen molar-refractivity contribution < 1.29 is 24.3 Å². The van der Waals surface area contributed by atoms with Gasteiger partial charge in [0.25, 0.3) is 0 Å². The van der Waals surface area contributed by atoms with Crippen LogP contribution in [0.25, 0.3) is 0 Å². The van der Waals surface area contributed by atoms with E-state index in [2.05, 4.69) is 10.6 Å². The molecular weight excluding hydrogens is 280 g/mol. The largest absolute Gasteiger partial charge is 0.480 e. The summed E-state index contributed by atoms with van der Waals surface area (Å²) in [7, 11) is 0. The van der Waals surface area contributed by atoms with Gasteiger partial charge >= 0.3 is 5.97 Å². The molecule has 0 aromatic carbocycles. The van der Waals surface area contributed by atoms with Gasteiger partial charge in [-0.2, -0.15) is 0 Å². The topological polar surface area (TPSA) is 165 Å². The van der Waals surface area contributed by atoms with Gasteiger partial charge < -0.3 is 27.2 Å². The van der Waals surface area contributed by atoms with Crippen LogP contribution in [0, 0.1) is 5.92 Å². The summed E-state index contributed by atoms with van der Waals surface area (Å²) in [6, 6.07) is -2.18. The molecule has 0 aliphatic heterocycles. The fraction of sp³-hybridized carbons (Fsp3) is 0.500. The van der Waals surface area contributed by atoms with Crippen LogP contribution in [-0.2, 0) is 19.2 Å². The normalized spacial score (nSPS) is 13.7. The van der Waals surface area contributed by atoms with Gasteiger partial charge in [0.2, 0.25) is 17.7 Å². The van der Waals surface area contributed by atoms with Crippen LogP contribution >= 0.6 is 0 Å². The van der Waals surface area contributed by atoms with Crippen LogP contribution < -0.4 is 22.1 Å². The minimum atomic E-state index is -1.17. The van der Waals surface area contributed by atoms with Crippen molar-refractivity contribution in [3.05, 3.63) is 12.2 Å². The van der Waals surface area contributed by atoms with Gasteiger partial charge in [-0.1, -0.05) is 13.8 Å². The van der Waals surface area contributed by atoms with Gasteiger partial charge in [-0.25, -0.2) is 4.79 Å². The Labute approximate surface area is 121 Å². The van der Waals surface area contributed by atoms with Crippen molar-refractivity contribution in [1.82, 2.24) is 10.6 Å². The lowest BCUT2D eigenvalue weighted by molar-refractivity contribution is -0.143. The van der Waals surface area contributed by atoms with E-state index in [0.717, 1.165) is 12.2 Å². The molecule has 0 aromatic rings. The van der Waals surface area contributed by atoms with E-state index in [-0.39, 0.29) is 12.5 Å². The Bertz CT molecular complexity index is 447. The van der Waals surface area contributed by atoms with E-state index >= 15 is 0 Å². The van der Waals surface area contributed by atoms with E-state index in [4.69, 9.17) is 16.6 Å². The standard InChI is InChI=1S/C12H20N4O5/c1-6(2)10(12(20)21)16-11(19)7(13)5-15-9(18)4-3-8(14)17/h3-4,6-7,10H,5,13H2,1-2H3,(H2,14,17)(H,15,18)(H,16,19)(H,20,21). The molecule has 0 saturated carbocycles. The first-order valence-corrected chi connectivity index (χ1v) is 6.19. The summed E-state index contributed by atoms with van der Waals surface area (Å²) in [6.07, 6.45) is 1.77. The second kappa shape index (κ2) is 8.69. The predicted molar refractivity (Wildman–Crippen MR) is 73.7 cm³/mol. The quantitative estimate of drug-likeness (QED) is 0.316. The molecule has 0 aliphatic carbocycles. The second-order valence-corrected chi connectivity index (χ2v) is 4.66. The van der Waals surface area contributed by atoms with E-state index in [1.807, 2.05) is 0 Å². The third kappa shape index (κ3) is 7.67. The van der Waals surface area contributed by atoms with Gasteiger partial charge in [0.05, 0.1) is 0 Å². The van der Waals surface area contributed by atoms with Crippen molar-refractivity contribution in [3.63, 3.8) is 0 Å². The van der Waals surface area contributed by atoms with Gasteiger partial charge in [-0.15, -0.1) is 0 Å². The van der Waals surface area contributed by atoms with Crippen LogP contribution in [0.3, 0.4) is 0 Å². The average molecular weight is 300 g/mol. The van der Waals surface area contributed by atoms with Crippen molar-refractivity contribution in [1.29, 1.82) is 0 Å². The number of nitrogens with one attached hydrogen (secondary N) is 2. The summed E-state index contributed by atoms with van der Waals surface area (Å²) in [6.45, 7) is 3.07. The Morgan fingerprint density at radius 3 is 2.19 bits per heavy atom. The van der Waals surface area contributed by atoms with E-state index in [0.29, 0.717) is 0 Å². The molecule has 0 fully saturated rings. The zero-order valence-corrected chi connectivity index (χ0v) is 11.8. The number of amides is 3. The SMILES string of the molecule is CC(C)C(NC(=O)C(N)CNC(=O)C=CC(N)=O)C(=O)O. The van der Waals surface area contributed by atoms with Crippen LogP contribution in [0.4, 0.5) is 0 Å². The van der Waals surface area contributed by atoms with Crippen LogP contribution in [0.5, 0.6) is 0 Å². The first kappa shape index (κ1) is 18.6. The first-order valence-electron chi connectivity index (χ1n) is 6.19. The number of rotatable bonds is 8. The summed E-state index contributed by atoms with van der Waals surface area (Å²) in [5.41, 5.74) is 10.3. The second-order valence-electron chi connectivity index (χ2n) is 4.66. The number of hydrogen-bond acceptors (Lipinski definition) is 5. The highest BCUT2D eigenvalue weighted by Gasteiger charge is 2.25. The Morgan fingerprint density at radius 1 is 1.19 bits per heavy atom. The molecule has 2 atom stereocenters. The molecule has 0 radical (unpaired) electrons. The van der Waals surface area contributed by atoms with Crippen molar-refractivity contribution in [2.24, 2.45) is 17.4 Å². The number of carbonyl (C=O) groups is 4. The maximum atomic E-state index is 11.7. The maximum Gasteiger partial charge on any atom is 0.326 e. The fourth-order valence-corrected chi connectivity index (χ4v) is 1.29. The van der Waals surface area contributed by atoms with Crippen LogP contribution in [0.1, 0.15) is 13.8 Å². The summed E-state index contributed by atoms with van der Waals surface area (Å²) in [5, 5.41) is 13.5. The number of carboxylic acid groups (broad SMARTS) is 1. The molecule has 0 spiro atoms. The third-order valence-electron chi connectivity index (χ3n) is 2.46. The first-order chi connectivity index (χ1) is 9.65. The average Bonchev–Trinajstić information content (AvgIpc) is 2.38. The van der Waals surface area contributed by atoms with E-state index < -0.39 is 35.8 Å². The lowest BCUT2D eigenvalue weighted by Gasteiger charge is -2.20. The van der Waals surface area contributed by atoms with Crippen molar-refractivity contribution >= 4 is 23.7 Å². The predicted octanol–water partition coefficient (Wildman–Crippen LogP) is -2.30. The molecule has 0 aromatic heterocycles. The number of primary amides is 1. The minimum Gasteiger partial charge on any atom is -0.480 e. The van der Waals surface area contributed by atoms with Gasteiger partial charge in [0, 0.05) is 18.7 Å². The monoisotopic (exact) mass is 300 g/mol. The number of nitrogens with two attached hydrogens (primary N) is 2. The lowest BCUT2D eigenvalue weighted by atomic mass is 10.0. The minimum absolute atomic E-state index is 0.210. The third-order valence-corrected chi connectivity index (χ3v) is 2.46. The molecule has 9 nitrogen and oxygen atoms in total. The summed E-state index contributed by atoms with van der Waals surface area (Å²) in [5.74, 6) is -3.61. The molecule has 0 bridgehead atoms. The number of hydrogen-bond donors (Lipinski definition) is 5. The Morgan fingerprint density at radius 2 is 1.76 bits per heavy atom. The van der Waals surface area contributed by atoms with E-state index in [1.165, 1.54) is 0 Å². The molecule has 0 saturated heterocycles. The van der Waals surface area contributed by atoms with Gasteiger partial charge in [-0.3, -0.25) is 14.4 Å². The highest BCUT2D eigenvalue weighted by atomic mass is 16.4. The number of carboxylic acids is 1. The fourth-order valence-electron chi connectivity index (χ4n) is 1.29. The van der Waals surface area contributed by atoms with E-state index in [1.54, 1.807) is 13.8 Å². The summed E-state index contributed by atoms with van der Waals surface area (Å²) >= 11 is 0. The molecule has 7 N–H and O–H groups in total. The molecule has 0 aliphatic rings. The van der Waals surface area contributed by atoms with Crippen LogP contribution in [0.15, 0.2) is 12.2 Å². The molecule has 0 heterocycles. The Hall–Kier alpha value is -2.42. The highest BCUT2D eigenvalue weighted by molar-refractivity contribution is 5.96. The lowest BCUT2D eigenvalue weighted by Crippen LogP contribution is -2.53. The zero-order valence-electron chi connectivity index (χ0n) is 11.8. The number of aliphatic carboxylic acids is 1. The van der Waals surface area contributed by atoms with Gasteiger partial charge in [0.15, 0.2) is 0 Å². The maximum absolute atomic E-state index is 11.7. The van der Waals surface area contributed by atoms with Crippen molar-refractivity contribution in [2.45, 2.75) is 25.9 Å². The molecule has 0 rings (SSSR count). The summed E-state index contributed by atoms with van der Waals surface area (Å²) < 4.78 is 0. The van der Waals surface area contributed by atoms with Crippen molar-refractivity contribution in [2.75, 3.05) is 6.54 Å². The molecule has 3 amide bonds. The zero-order chi connectivity index (χ0) is 16.6. The molecule has 118 valence electrons. The Kier molecular flexibility index (Phi) is 7.69. The molecule has 2 unspecified atom stereocenters. The molecule has 21 heavy (non-hydrogen) atoms. The van der Waals surface area contributed by atoms with Crippen molar-refractivity contribution in [3.8, 4) is 0 Å². The number of carbonyl (C=O) groups excluding carboxylic acids is 3. The van der Waals surface area contributed by atoms with Gasteiger partial charge in [-0.05, 0) is 5.92 Å². The molecular formula is C12H20N4O5. The van der Waals surface area contributed by atoms with Crippen LogP contribution in [-0.4, -0.2) is 47.4 Å². The van der Waals surface area contributed by atoms with Gasteiger partial charge in [0.1, 0.15) is 12.1 Å². The summed E-state index contributed by atoms with van der Waals surface area (Å²) in [4.78, 5) is 44.3. The molecule has 9 heteroatoms. The highest BCUT2D eigenvalue weighted by Crippen LogP contribution is 2.01. The van der Waals surface area contributed by atoms with Crippen LogP contribution in [0.2, 0.25) is 0 Å². The Balaban J connectivity index is 4.36. The smallest absolute Gasteiger partial charge is 0.326 e. The van der Waals surface area contributed by atoms with E-state index in [9.17, 15) is 19.2 Å².